The van der Waals surface area contributed by atoms with Gasteiger partial charge in [0.15, 0.2) is 0 Å². The van der Waals surface area contributed by atoms with E-state index >= 15 is 0 Å². The normalized spacial score (nSPS) is 10.2. The Kier molecular flexibility index (Phi) is 7.28. The van der Waals surface area contributed by atoms with Gasteiger partial charge in [-0.05, 0) is 37.6 Å². The van der Waals surface area contributed by atoms with Crippen LogP contribution in [0.1, 0.15) is 46.0 Å². The smallest absolute Gasteiger partial charge is 0.119 e. The molecule has 0 spiro atoms. The van der Waals surface area contributed by atoms with Gasteiger partial charge in [-0.15, -0.1) is 0 Å². The highest BCUT2D eigenvalue weighted by Gasteiger charge is 1.95. The quantitative estimate of drug-likeness (QED) is 0.638. The summed E-state index contributed by atoms with van der Waals surface area (Å²) in [6.45, 7) is 6.13. The second-order valence-electron chi connectivity index (χ2n) is 4.32. The van der Waals surface area contributed by atoms with E-state index in [2.05, 4.69) is 31.3 Å². The molecule has 0 saturated carbocycles. The van der Waals surface area contributed by atoms with E-state index in [9.17, 15) is 0 Å². The van der Waals surface area contributed by atoms with Crippen molar-refractivity contribution < 1.29 is 4.74 Å². The molecular weight excluding hydrogens is 210 g/mol. The molecule has 96 valence electrons. The third-order valence-corrected chi connectivity index (χ3v) is 2.75. The number of ether oxygens (including phenoxy) is 1. The van der Waals surface area contributed by atoms with Crippen molar-refractivity contribution in [2.24, 2.45) is 0 Å². The molecule has 1 N–H and O–H groups in total. The number of hydrogen-bond donors (Lipinski definition) is 1. The van der Waals surface area contributed by atoms with E-state index in [1.807, 2.05) is 12.1 Å². The SMILES string of the molecule is CCCCCCCOc1ccc(NCC)cc1. The van der Waals surface area contributed by atoms with Crippen LogP contribution in [0.5, 0.6) is 5.75 Å². The summed E-state index contributed by atoms with van der Waals surface area (Å²) in [5, 5.41) is 3.27. The van der Waals surface area contributed by atoms with Crippen LogP contribution in [0.2, 0.25) is 0 Å². The maximum atomic E-state index is 5.69. The summed E-state index contributed by atoms with van der Waals surface area (Å²) < 4.78 is 5.69. The number of unbranched alkanes of at least 4 members (excludes halogenated alkanes) is 4. The van der Waals surface area contributed by atoms with Gasteiger partial charge in [-0.2, -0.15) is 0 Å². The molecule has 2 nitrogen and oxygen atoms in total. The second-order valence-corrected chi connectivity index (χ2v) is 4.32. The fourth-order valence-electron chi connectivity index (χ4n) is 1.77. The van der Waals surface area contributed by atoms with Crippen molar-refractivity contribution in [2.75, 3.05) is 18.5 Å². The standard InChI is InChI=1S/C15H25NO/c1-3-5-6-7-8-13-17-15-11-9-14(10-12-15)16-4-2/h9-12,16H,3-8,13H2,1-2H3. The van der Waals surface area contributed by atoms with Gasteiger partial charge in [0.05, 0.1) is 6.61 Å². The molecule has 0 saturated heterocycles. The molecule has 0 bridgehead atoms. The molecular formula is C15H25NO. The zero-order valence-corrected chi connectivity index (χ0v) is 11.2. The van der Waals surface area contributed by atoms with Crippen molar-refractivity contribution in [1.29, 1.82) is 0 Å². The van der Waals surface area contributed by atoms with Crippen LogP contribution in [0.3, 0.4) is 0 Å². The summed E-state index contributed by atoms with van der Waals surface area (Å²) in [7, 11) is 0. The van der Waals surface area contributed by atoms with Crippen molar-refractivity contribution in [3.05, 3.63) is 24.3 Å². The summed E-state index contributed by atoms with van der Waals surface area (Å²) in [5.74, 6) is 0.974. The fourth-order valence-corrected chi connectivity index (χ4v) is 1.77. The molecule has 0 aromatic heterocycles. The second kappa shape index (κ2) is 8.91. The van der Waals surface area contributed by atoms with Gasteiger partial charge >= 0.3 is 0 Å². The van der Waals surface area contributed by atoms with Gasteiger partial charge in [0, 0.05) is 12.2 Å². The molecule has 17 heavy (non-hydrogen) atoms. The predicted octanol–water partition coefficient (Wildman–Crippen LogP) is 4.47. The number of benzene rings is 1. The lowest BCUT2D eigenvalue weighted by Crippen LogP contribution is -1.98. The monoisotopic (exact) mass is 235 g/mol. The summed E-state index contributed by atoms with van der Waals surface area (Å²) in [4.78, 5) is 0. The minimum Gasteiger partial charge on any atom is -0.494 e. The van der Waals surface area contributed by atoms with E-state index in [1.165, 1.54) is 25.7 Å². The highest BCUT2D eigenvalue weighted by molar-refractivity contribution is 5.46. The topological polar surface area (TPSA) is 21.3 Å². The molecule has 2 heteroatoms. The minimum atomic E-state index is 0.838. The van der Waals surface area contributed by atoms with Crippen LogP contribution in [0, 0.1) is 0 Å². The van der Waals surface area contributed by atoms with E-state index in [0.717, 1.165) is 31.0 Å². The highest BCUT2D eigenvalue weighted by atomic mass is 16.5. The van der Waals surface area contributed by atoms with Crippen LogP contribution in [0.15, 0.2) is 24.3 Å². The van der Waals surface area contributed by atoms with Crippen molar-refractivity contribution in [3.8, 4) is 5.75 Å². The number of anilines is 1. The Balaban J connectivity index is 2.14. The Hall–Kier alpha value is -1.18. The molecule has 1 aromatic carbocycles. The first-order chi connectivity index (χ1) is 8.36. The van der Waals surface area contributed by atoms with E-state index in [4.69, 9.17) is 4.74 Å². The van der Waals surface area contributed by atoms with Gasteiger partial charge < -0.3 is 10.1 Å². The molecule has 0 unspecified atom stereocenters. The van der Waals surface area contributed by atoms with Crippen LogP contribution in [-0.4, -0.2) is 13.2 Å². The largest absolute Gasteiger partial charge is 0.494 e. The van der Waals surface area contributed by atoms with E-state index in [-0.39, 0.29) is 0 Å². The first-order valence-electron chi connectivity index (χ1n) is 6.83. The van der Waals surface area contributed by atoms with Gasteiger partial charge in [0.25, 0.3) is 0 Å². The minimum absolute atomic E-state index is 0.838. The van der Waals surface area contributed by atoms with Crippen LogP contribution in [-0.2, 0) is 0 Å². The van der Waals surface area contributed by atoms with Crippen molar-refractivity contribution in [2.45, 2.75) is 46.0 Å². The Morgan fingerprint density at radius 3 is 2.29 bits per heavy atom. The van der Waals surface area contributed by atoms with Crippen LogP contribution in [0.25, 0.3) is 0 Å². The van der Waals surface area contributed by atoms with E-state index in [1.54, 1.807) is 0 Å². The third kappa shape index (κ3) is 6.20. The zero-order chi connectivity index (χ0) is 12.3. The molecule has 0 heterocycles. The lowest BCUT2D eigenvalue weighted by atomic mass is 10.2. The molecule has 0 radical (unpaired) electrons. The van der Waals surface area contributed by atoms with Gasteiger partial charge in [0.2, 0.25) is 0 Å². The molecule has 0 aliphatic heterocycles. The summed E-state index contributed by atoms with van der Waals surface area (Å²) >= 11 is 0. The molecule has 1 rings (SSSR count). The zero-order valence-electron chi connectivity index (χ0n) is 11.2. The molecule has 0 aliphatic rings. The van der Waals surface area contributed by atoms with Gasteiger partial charge in [-0.3, -0.25) is 0 Å². The maximum absolute atomic E-state index is 5.69. The van der Waals surface area contributed by atoms with Crippen LogP contribution >= 0.6 is 0 Å². The highest BCUT2D eigenvalue weighted by Crippen LogP contribution is 2.16. The number of hydrogen-bond acceptors (Lipinski definition) is 2. The van der Waals surface area contributed by atoms with Crippen LogP contribution in [0.4, 0.5) is 5.69 Å². The van der Waals surface area contributed by atoms with E-state index < -0.39 is 0 Å². The van der Waals surface area contributed by atoms with Gasteiger partial charge in [-0.1, -0.05) is 32.6 Å². The summed E-state index contributed by atoms with van der Waals surface area (Å²) in [6, 6.07) is 8.19. The molecule has 1 aromatic rings. The third-order valence-electron chi connectivity index (χ3n) is 2.75. The first kappa shape index (κ1) is 13.9. The average molecular weight is 235 g/mol. The average Bonchev–Trinajstić information content (AvgIpc) is 2.36. The molecule has 0 aliphatic carbocycles. The first-order valence-corrected chi connectivity index (χ1v) is 6.83. The predicted molar refractivity (Wildman–Crippen MR) is 74.9 cm³/mol. The maximum Gasteiger partial charge on any atom is 0.119 e. The van der Waals surface area contributed by atoms with Crippen molar-refractivity contribution in [3.63, 3.8) is 0 Å². The molecule has 0 amide bonds. The Bertz CT molecular complexity index is 281. The lowest BCUT2D eigenvalue weighted by Gasteiger charge is -2.07. The molecule has 0 fully saturated rings. The number of nitrogens with one attached hydrogen (secondary N) is 1. The number of rotatable bonds is 9. The summed E-state index contributed by atoms with van der Waals surface area (Å²) in [6.07, 6.45) is 6.42. The lowest BCUT2D eigenvalue weighted by molar-refractivity contribution is 0.304. The molecule has 0 atom stereocenters. The Morgan fingerprint density at radius 2 is 1.65 bits per heavy atom. The van der Waals surface area contributed by atoms with Crippen molar-refractivity contribution in [1.82, 2.24) is 0 Å². The Labute approximate surface area is 105 Å². The van der Waals surface area contributed by atoms with E-state index in [0.29, 0.717) is 0 Å². The fraction of sp³-hybridized carbons (Fsp3) is 0.600. The van der Waals surface area contributed by atoms with Gasteiger partial charge in [-0.25, -0.2) is 0 Å². The van der Waals surface area contributed by atoms with Crippen LogP contribution < -0.4 is 10.1 Å². The van der Waals surface area contributed by atoms with Gasteiger partial charge in [0.1, 0.15) is 5.75 Å². The van der Waals surface area contributed by atoms with Crippen molar-refractivity contribution >= 4 is 5.69 Å². The Morgan fingerprint density at radius 1 is 0.941 bits per heavy atom. The summed E-state index contributed by atoms with van der Waals surface area (Å²) in [5.41, 5.74) is 1.16.